The molecule has 230 valence electrons. The third-order valence-corrected chi connectivity index (χ3v) is 7.73. The number of hydrogen-bond donors (Lipinski definition) is 2. The minimum atomic E-state index is -0.275. The zero-order valence-corrected chi connectivity index (χ0v) is 28.1. The molecule has 0 heterocycles. The normalized spacial score (nSPS) is 10.8. The van der Waals surface area contributed by atoms with Crippen molar-refractivity contribution in [2.45, 2.75) is 13.8 Å². The molecule has 4 aromatic carbocycles. The molecule has 0 fully saturated rings. The molecule has 0 aliphatic carbocycles. The highest BCUT2D eigenvalue weighted by Crippen LogP contribution is 2.31. The number of anilines is 2. The molecule has 44 heavy (non-hydrogen) atoms. The third kappa shape index (κ3) is 8.69. The Kier molecular flexibility index (Phi) is 12.0. The Morgan fingerprint density at radius 2 is 1.00 bits per heavy atom. The summed E-state index contributed by atoms with van der Waals surface area (Å²) in [6, 6.07) is 22.4. The molecule has 0 bridgehead atoms. The van der Waals surface area contributed by atoms with E-state index in [1.807, 2.05) is 62.4 Å². The van der Waals surface area contributed by atoms with E-state index in [0.29, 0.717) is 60.4 Å². The maximum absolute atomic E-state index is 13.2. The molecule has 0 saturated heterocycles. The minimum absolute atomic E-state index is 0.275. The zero-order chi connectivity index (χ0) is 31.6. The number of nitrogens with one attached hydrogen (secondary N) is 2. The lowest BCUT2D eigenvalue weighted by Gasteiger charge is -2.15. The summed E-state index contributed by atoms with van der Waals surface area (Å²) in [6.07, 6.45) is 0. The van der Waals surface area contributed by atoms with Crippen LogP contribution >= 0.6 is 31.9 Å². The van der Waals surface area contributed by atoms with Crippen molar-refractivity contribution in [1.82, 2.24) is 0 Å². The Balaban J connectivity index is 1.48. The molecule has 8 nitrogen and oxygen atoms in total. The fourth-order valence-electron chi connectivity index (χ4n) is 4.43. The molecule has 4 aromatic rings. The van der Waals surface area contributed by atoms with Crippen LogP contribution in [-0.4, -0.2) is 52.5 Å². The second kappa shape index (κ2) is 15.9. The molecule has 4 rings (SSSR count). The Bertz CT molecular complexity index is 1520. The number of halogens is 2. The van der Waals surface area contributed by atoms with Crippen molar-refractivity contribution in [3.05, 3.63) is 104 Å². The molecule has 2 amide bonds. The van der Waals surface area contributed by atoms with Crippen LogP contribution in [0.1, 0.15) is 31.8 Å². The first-order chi connectivity index (χ1) is 21.2. The first kappa shape index (κ1) is 33.2. The van der Waals surface area contributed by atoms with Gasteiger partial charge in [0.25, 0.3) is 11.8 Å². The summed E-state index contributed by atoms with van der Waals surface area (Å²) in [5.74, 6) is 0.412. The van der Waals surface area contributed by atoms with Gasteiger partial charge < -0.3 is 29.6 Å². The van der Waals surface area contributed by atoms with Gasteiger partial charge in [-0.3, -0.25) is 9.59 Å². The third-order valence-electron chi connectivity index (χ3n) is 6.75. The number of aryl methyl sites for hydroxylation is 2. The van der Waals surface area contributed by atoms with Crippen LogP contribution in [0.4, 0.5) is 11.4 Å². The van der Waals surface area contributed by atoms with E-state index < -0.39 is 0 Å². The molecule has 2 N–H and O–H groups in total. The van der Waals surface area contributed by atoms with Gasteiger partial charge >= 0.3 is 0 Å². The second-order valence-corrected chi connectivity index (χ2v) is 11.8. The Morgan fingerprint density at radius 1 is 0.591 bits per heavy atom. The molecule has 0 unspecified atom stereocenters. The van der Waals surface area contributed by atoms with Crippen LogP contribution in [-0.2, 0) is 9.47 Å². The van der Waals surface area contributed by atoms with Crippen LogP contribution < -0.4 is 20.1 Å². The minimum Gasteiger partial charge on any atom is -0.490 e. The lowest BCUT2D eigenvalue weighted by Crippen LogP contribution is -2.16. The second-order valence-electron chi connectivity index (χ2n) is 9.93. The smallest absolute Gasteiger partial charge is 0.259 e. The quantitative estimate of drug-likeness (QED) is 0.136. The Labute approximate surface area is 274 Å². The van der Waals surface area contributed by atoms with Gasteiger partial charge in [-0.15, -0.1) is 0 Å². The fourth-order valence-corrected chi connectivity index (χ4v) is 5.15. The molecule has 0 aliphatic heterocycles. The van der Waals surface area contributed by atoms with Crippen molar-refractivity contribution >= 4 is 55.0 Å². The summed E-state index contributed by atoms with van der Waals surface area (Å²) in [4.78, 5) is 26.4. The number of ether oxygens (including phenoxy) is 4. The van der Waals surface area contributed by atoms with Gasteiger partial charge in [-0.1, -0.05) is 44.0 Å². The van der Waals surface area contributed by atoms with Crippen LogP contribution in [0.3, 0.4) is 0 Å². The highest BCUT2D eigenvalue weighted by molar-refractivity contribution is 9.10. The summed E-state index contributed by atoms with van der Waals surface area (Å²) in [5, 5.41) is 6.01. The van der Waals surface area contributed by atoms with Gasteiger partial charge in [-0.2, -0.15) is 0 Å². The maximum atomic E-state index is 13.2. The van der Waals surface area contributed by atoms with Crippen LogP contribution in [0.25, 0.3) is 11.1 Å². The molecule has 0 aromatic heterocycles. The van der Waals surface area contributed by atoms with Crippen LogP contribution in [0.2, 0.25) is 0 Å². The van der Waals surface area contributed by atoms with Crippen LogP contribution in [0, 0.1) is 13.8 Å². The standard InChI is InChI=1S/C34H34Br2N2O6/c1-21-17-23(5-9-29(21)37-33(39)27-19-25(35)7-11-31(27)43-15-13-41-3)24-6-10-30(22(2)18-24)38-34(40)28-20-26(36)8-12-32(28)44-16-14-42-4/h5-12,17-20H,13-16H2,1-4H3,(H,37,39)(H,38,40). The predicted molar refractivity (Wildman–Crippen MR) is 180 cm³/mol. The summed E-state index contributed by atoms with van der Waals surface area (Å²) >= 11 is 6.88. The highest BCUT2D eigenvalue weighted by atomic mass is 79.9. The lowest BCUT2D eigenvalue weighted by molar-refractivity contribution is 0.101. The van der Waals surface area contributed by atoms with Crippen molar-refractivity contribution < 1.29 is 28.5 Å². The lowest BCUT2D eigenvalue weighted by atomic mass is 9.99. The number of methoxy groups -OCH3 is 2. The van der Waals surface area contributed by atoms with Gasteiger partial charge in [0.15, 0.2) is 0 Å². The largest absolute Gasteiger partial charge is 0.490 e. The van der Waals surface area contributed by atoms with Gasteiger partial charge in [-0.25, -0.2) is 0 Å². The van der Waals surface area contributed by atoms with Crippen LogP contribution in [0.5, 0.6) is 11.5 Å². The van der Waals surface area contributed by atoms with Crippen molar-refractivity contribution in [2.75, 3.05) is 51.3 Å². The van der Waals surface area contributed by atoms with Gasteiger partial charge in [0.05, 0.1) is 24.3 Å². The maximum Gasteiger partial charge on any atom is 0.259 e. The molecule has 0 saturated carbocycles. The average molecular weight is 726 g/mol. The van der Waals surface area contributed by atoms with Gasteiger partial charge in [-0.05, 0) is 96.8 Å². The van der Waals surface area contributed by atoms with E-state index in [2.05, 4.69) is 42.5 Å². The number of rotatable bonds is 13. The summed E-state index contributed by atoms with van der Waals surface area (Å²) in [5.41, 5.74) is 5.99. The van der Waals surface area contributed by atoms with E-state index in [0.717, 1.165) is 31.2 Å². The molecular weight excluding hydrogens is 692 g/mol. The number of carbonyl (C=O) groups is 2. The molecule has 0 atom stereocenters. The molecule has 0 spiro atoms. The number of carbonyl (C=O) groups excluding carboxylic acids is 2. The average Bonchev–Trinajstić information content (AvgIpc) is 3.00. The van der Waals surface area contributed by atoms with Crippen LogP contribution in [0.15, 0.2) is 81.7 Å². The molecule has 0 aliphatic rings. The van der Waals surface area contributed by atoms with Gasteiger partial charge in [0.1, 0.15) is 24.7 Å². The summed E-state index contributed by atoms with van der Waals surface area (Å²) < 4.78 is 23.2. The number of amides is 2. The van der Waals surface area contributed by atoms with Crippen molar-refractivity contribution in [3.8, 4) is 22.6 Å². The molecular formula is C34H34Br2N2O6. The van der Waals surface area contributed by atoms with Crippen molar-refractivity contribution in [1.29, 1.82) is 0 Å². The van der Waals surface area contributed by atoms with E-state index in [1.54, 1.807) is 38.5 Å². The number of benzene rings is 4. The Hall–Kier alpha value is -3.70. The van der Waals surface area contributed by atoms with Crippen molar-refractivity contribution in [2.24, 2.45) is 0 Å². The summed E-state index contributed by atoms with van der Waals surface area (Å²) in [6.45, 7) is 5.40. The van der Waals surface area contributed by atoms with Crippen molar-refractivity contribution in [3.63, 3.8) is 0 Å². The van der Waals surface area contributed by atoms with Gasteiger partial charge in [0, 0.05) is 34.5 Å². The van der Waals surface area contributed by atoms with E-state index in [9.17, 15) is 9.59 Å². The topological polar surface area (TPSA) is 95.1 Å². The first-order valence-electron chi connectivity index (χ1n) is 13.9. The summed E-state index contributed by atoms with van der Waals surface area (Å²) in [7, 11) is 3.20. The first-order valence-corrected chi connectivity index (χ1v) is 15.5. The SMILES string of the molecule is COCCOc1ccc(Br)cc1C(=O)Nc1ccc(-c2ccc(NC(=O)c3cc(Br)ccc3OCCOC)c(C)c2)cc1C. The fraction of sp³-hybridized carbons (Fsp3) is 0.235. The highest BCUT2D eigenvalue weighted by Gasteiger charge is 2.17. The zero-order valence-electron chi connectivity index (χ0n) is 25.0. The van der Waals surface area contributed by atoms with Gasteiger partial charge in [0.2, 0.25) is 0 Å². The number of hydrogen-bond acceptors (Lipinski definition) is 6. The van der Waals surface area contributed by atoms with E-state index in [-0.39, 0.29) is 11.8 Å². The molecule has 10 heteroatoms. The van der Waals surface area contributed by atoms with E-state index >= 15 is 0 Å². The predicted octanol–water partition coefficient (Wildman–Crippen LogP) is 8.05. The Morgan fingerprint density at radius 3 is 1.36 bits per heavy atom. The molecule has 0 radical (unpaired) electrons. The van der Waals surface area contributed by atoms with E-state index in [1.165, 1.54) is 0 Å². The van der Waals surface area contributed by atoms with E-state index in [4.69, 9.17) is 18.9 Å². The monoisotopic (exact) mass is 724 g/mol.